The molecule has 0 aromatic heterocycles. The highest BCUT2D eigenvalue weighted by molar-refractivity contribution is 5.75. The molecule has 66 valence electrons. The van der Waals surface area contributed by atoms with Gasteiger partial charge in [-0.15, -0.1) is 0 Å². The van der Waals surface area contributed by atoms with Gasteiger partial charge in [-0.05, 0) is 12.5 Å². The Bertz CT molecular complexity index is 205. The highest BCUT2D eigenvalue weighted by Crippen LogP contribution is 2.04. The summed E-state index contributed by atoms with van der Waals surface area (Å²) in [5, 5.41) is 8.50. The lowest BCUT2D eigenvalue weighted by Gasteiger charge is -2.01. The summed E-state index contributed by atoms with van der Waals surface area (Å²) < 4.78 is 9.01. The lowest BCUT2D eigenvalue weighted by molar-refractivity contribution is -0.143. The van der Waals surface area contributed by atoms with Crippen LogP contribution in [0.3, 0.4) is 0 Å². The topological polar surface area (TPSA) is 59.3 Å². The Hall–Kier alpha value is -1.50. The summed E-state index contributed by atoms with van der Waals surface area (Å²) in [4.78, 5) is 10.8. The summed E-state index contributed by atoms with van der Waals surface area (Å²) >= 11 is 0. The van der Waals surface area contributed by atoms with Gasteiger partial charge in [0.2, 0.25) is 0 Å². The molecule has 0 amide bonds. The first-order valence-corrected chi connectivity index (χ1v) is 3.41. The lowest BCUT2D eigenvalue weighted by atomic mass is 10.1. The van der Waals surface area contributed by atoms with Crippen LogP contribution in [0.5, 0.6) is 0 Å². The second-order valence-electron chi connectivity index (χ2n) is 2.05. The maximum absolute atomic E-state index is 10.8. The molecule has 0 aliphatic carbocycles. The molecule has 0 saturated carbocycles. The molecule has 0 spiro atoms. The van der Waals surface area contributed by atoms with Crippen LogP contribution in [0.25, 0.3) is 0 Å². The summed E-state index contributed by atoms with van der Waals surface area (Å²) in [7, 11) is 2.75. The van der Waals surface area contributed by atoms with Gasteiger partial charge in [0, 0.05) is 0 Å². The fourth-order valence-electron chi connectivity index (χ4n) is 0.632. The predicted octanol–water partition coefficient (Wildman–Crippen LogP) is 0.849. The fourth-order valence-corrected chi connectivity index (χ4v) is 0.632. The molecule has 0 aliphatic heterocycles. The number of carbonyl (C=O) groups is 1. The largest absolute Gasteiger partial charge is 0.505 e. The Morgan fingerprint density at radius 2 is 2.33 bits per heavy atom. The molecule has 1 atom stereocenters. The van der Waals surface area contributed by atoms with Crippen molar-refractivity contribution in [2.45, 2.75) is 6.42 Å². The number of esters is 1. The van der Waals surface area contributed by atoms with Crippen molar-refractivity contribution < 1.29 is 14.3 Å². The van der Waals surface area contributed by atoms with Crippen LogP contribution >= 0.6 is 0 Å². The average Bonchev–Trinajstić information content (AvgIpc) is 2.11. The molecule has 0 bridgehead atoms. The summed E-state index contributed by atoms with van der Waals surface area (Å²) in [6.07, 6.45) is 3.34. The molecule has 0 aromatic rings. The van der Waals surface area contributed by atoms with Crippen LogP contribution in [0, 0.1) is 17.2 Å². The first-order chi connectivity index (χ1) is 5.76. The van der Waals surface area contributed by atoms with Crippen LogP contribution in [-0.2, 0) is 14.3 Å². The van der Waals surface area contributed by atoms with E-state index >= 15 is 0 Å². The third kappa shape index (κ3) is 3.62. The quantitative estimate of drug-likeness (QED) is 0.462. The molecular formula is C8H11NO3. The predicted molar refractivity (Wildman–Crippen MR) is 41.9 cm³/mol. The Labute approximate surface area is 71.4 Å². The normalized spacial score (nSPS) is 12.1. The maximum Gasteiger partial charge on any atom is 0.323 e. The number of nitriles is 1. The summed E-state index contributed by atoms with van der Waals surface area (Å²) in [5.74, 6) is -1.25. The minimum absolute atomic E-state index is 0.316. The van der Waals surface area contributed by atoms with Crippen molar-refractivity contribution in [2.75, 3.05) is 14.2 Å². The molecule has 0 rings (SSSR count). The molecule has 0 aromatic carbocycles. The maximum atomic E-state index is 10.8. The number of methoxy groups -OCH3 is 2. The smallest absolute Gasteiger partial charge is 0.323 e. The SMILES string of the molecule is CO/C=C\CC(C#N)C(=O)OC. The van der Waals surface area contributed by atoms with Gasteiger partial charge < -0.3 is 9.47 Å². The fraction of sp³-hybridized carbons (Fsp3) is 0.500. The molecule has 0 radical (unpaired) electrons. The van der Waals surface area contributed by atoms with Gasteiger partial charge >= 0.3 is 5.97 Å². The number of allylic oxidation sites excluding steroid dienone is 1. The lowest BCUT2D eigenvalue weighted by Crippen LogP contribution is -2.13. The van der Waals surface area contributed by atoms with Crippen LogP contribution in [0.15, 0.2) is 12.3 Å². The van der Waals surface area contributed by atoms with Crippen molar-refractivity contribution in [2.24, 2.45) is 5.92 Å². The molecule has 0 heterocycles. The van der Waals surface area contributed by atoms with E-state index in [1.807, 2.05) is 6.07 Å². The van der Waals surface area contributed by atoms with Crippen molar-refractivity contribution in [3.8, 4) is 6.07 Å². The van der Waals surface area contributed by atoms with Gasteiger partial charge in [-0.3, -0.25) is 4.79 Å². The van der Waals surface area contributed by atoms with E-state index in [2.05, 4.69) is 9.47 Å². The molecule has 1 unspecified atom stereocenters. The molecule has 0 fully saturated rings. The van der Waals surface area contributed by atoms with E-state index in [1.165, 1.54) is 20.5 Å². The van der Waals surface area contributed by atoms with E-state index in [9.17, 15) is 4.79 Å². The van der Waals surface area contributed by atoms with Crippen LogP contribution in [0.2, 0.25) is 0 Å². The minimum Gasteiger partial charge on any atom is -0.505 e. The van der Waals surface area contributed by atoms with Crippen molar-refractivity contribution >= 4 is 5.97 Å². The van der Waals surface area contributed by atoms with E-state index in [1.54, 1.807) is 6.08 Å². The standard InChI is InChI=1S/C8H11NO3/c1-11-5-3-4-7(6-9)8(10)12-2/h3,5,7H,4H2,1-2H3/b5-3-. The summed E-state index contributed by atoms with van der Waals surface area (Å²) in [6.45, 7) is 0. The zero-order valence-electron chi connectivity index (χ0n) is 7.11. The van der Waals surface area contributed by atoms with Crippen molar-refractivity contribution in [3.05, 3.63) is 12.3 Å². The summed E-state index contributed by atoms with van der Waals surface area (Å²) in [5.41, 5.74) is 0. The Balaban J connectivity index is 3.94. The van der Waals surface area contributed by atoms with E-state index in [0.29, 0.717) is 6.42 Å². The van der Waals surface area contributed by atoms with Crippen LogP contribution in [0.1, 0.15) is 6.42 Å². The number of ether oxygens (including phenoxy) is 2. The monoisotopic (exact) mass is 169 g/mol. The molecule has 4 nitrogen and oxygen atoms in total. The molecule has 0 saturated heterocycles. The number of rotatable bonds is 4. The average molecular weight is 169 g/mol. The second-order valence-corrected chi connectivity index (χ2v) is 2.05. The van der Waals surface area contributed by atoms with Gasteiger partial charge in [-0.25, -0.2) is 0 Å². The van der Waals surface area contributed by atoms with Gasteiger partial charge in [0.05, 0.1) is 26.6 Å². The van der Waals surface area contributed by atoms with Crippen LogP contribution in [-0.4, -0.2) is 20.2 Å². The first-order valence-electron chi connectivity index (χ1n) is 3.41. The Kier molecular flexibility index (Phi) is 5.45. The number of nitrogens with zero attached hydrogens (tertiary/aromatic N) is 1. The van der Waals surface area contributed by atoms with Gasteiger partial charge in [0.15, 0.2) is 0 Å². The molecule has 0 N–H and O–H groups in total. The van der Waals surface area contributed by atoms with Crippen molar-refractivity contribution in [3.63, 3.8) is 0 Å². The first kappa shape index (κ1) is 10.5. The van der Waals surface area contributed by atoms with E-state index in [4.69, 9.17) is 5.26 Å². The highest BCUT2D eigenvalue weighted by atomic mass is 16.5. The molecular weight excluding hydrogens is 158 g/mol. The molecule has 12 heavy (non-hydrogen) atoms. The van der Waals surface area contributed by atoms with Crippen LogP contribution in [0.4, 0.5) is 0 Å². The molecule has 4 heteroatoms. The Morgan fingerprint density at radius 3 is 2.75 bits per heavy atom. The minimum atomic E-state index is -0.735. The highest BCUT2D eigenvalue weighted by Gasteiger charge is 2.15. The van der Waals surface area contributed by atoms with Gasteiger partial charge in [0.25, 0.3) is 0 Å². The van der Waals surface area contributed by atoms with Gasteiger partial charge in [-0.2, -0.15) is 5.26 Å². The Morgan fingerprint density at radius 1 is 1.67 bits per heavy atom. The third-order valence-electron chi connectivity index (χ3n) is 1.25. The zero-order valence-corrected chi connectivity index (χ0v) is 7.11. The van der Waals surface area contributed by atoms with E-state index in [-0.39, 0.29) is 0 Å². The van der Waals surface area contributed by atoms with Gasteiger partial charge in [-0.1, -0.05) is 0 Å². The number of carbonyl (C=O) groups excluding carboxylic acids is 1. The summed E-state index contributed by atoms with van der Waals surface area (Å²) in [6, 6.07) is 1.83. The zero-order chi connectivity index (χ0) is 9.40. The van der Waals surface area contributed by atoms with Crippen molar-refractivity contribution in [1.29, 1.82) is 5.26 Å². The van der Waals surface area contributed by atoms with Crippen LogP contribution < -0.4 is 0 Å². The van der Waals surface area contributed by atoms with Crippen molar-refractivity contribution in [1.82, 2.24) is 0 Å². The third-order valence-corrected chi connectivity index (χ3v) is 1.25. The second kappa shape index (κ2) is 6.23. The molecule has 0 aliphatic rings. The number of hydrogen-bond acceptors (Lipinski definition) is 4. The number of hydrogen-bond donors (Lipinski definition) is 0. The van der Waals surface area contributed by atoms with Gasteiger partial charge in [0.1, 0.15) is 5.92 Å². The van der Waals surface area contributed by atoms with E-state index in [0.717, 1.165) is 0 Å². The van der Waals surface area contributed by atoms with E-state index < -0.39 is 11.9 Å².